The Bertz CT molecular complexity index is 1530. The highest BCUT2D eigenvalue weighted by Gasteiger charge is 2.48. The van der Waals surface area contributed by atoms with Crippen LogP contribution in [0.25, 0.3) is 22.6 Å². The van der Waals surface area contributed by atoms with E-state index < -0.39 is 17.0 Å². The zero-order chi connectivity index (χ0) is 23.6. The lowest BCUT2D eigenvalue weighted by atomic mass is 9.81. The molecule has 1 aromatic carbocycles. The zero-order valence-electron chi connectivity index (χ0n) is 17.9. The second kappa shape index (κ2) is 7.11. The number of pyridine rings is 1. The van der Waals surface area contributed by atoms with E-state index in [0.29, 0.717) is 28.6 Å². The summed E-state index contributed by atoms with van der Waals surface area (Å²) in [6.45, 7) is 1.80. The fourth-order valence-corrected chi connectivity index (χ4v) is 4.52. The van der Waals surface area contributed by atoms with Crippen LogP contribution in [0.15, 0.2) is 36.5 Å². The number of nitrogens with one attached hydrogen (secondary N) is 2. The van der Waals surface area contributed by atoms with Gasteiger partial charge in [-0.25, -0.2) is 28.4 Å². The van der Waals surface area contributed by atoms with Gasteiger partial charge in [0.2, 0.25) is 11.8 Å². The van der Waals surface area contributed by atoms with Crippen molar-refractivity contribution in [1.82, 2.24) is 24.7 Å². The van der Waals surface area contributed by atoms with Gasteiger partial charge in [-0.15, -0.1) is 0 Å². The fraction of sp³-hybridized carbons (Fsp3) is 0.217. The van der Waals surface area contributed by atoms with Gasteiger partial charge in [0.25, 0.3) is 0 Å². The van der Waals surface area contributed by atoms with E-state index >= 15 is 0 Å². The molecule has 3 aromatic heterocycles. The van der Waals surface area contributed by atoms with Crippen molar-refractivity contribution in [3.05, 3.63) is 59.3 Å². The largest absolute Gasteiger partial charge is 0.310 e. The van der Waals surface area contributed by atoms with Crippen LogP contribution in [0.1, 0.15) is 30.9 Å². The Labute approximate surface area is 191 Å². The lowest BCUT2D eigenvalue weighted by molar-refractivity contribution is -0.121. The molecule has 6 rings (SSSR count). The molecule has 0 fully saturated rings. The number of amides is 2. The predicted octanol–water partition coefficient (Wildman–Crippen LogP) is 3.16. The maximum absolute atomic E-state index is 14.3. The van der Waals surface area contributed by atoms with Crippen LogP contribution in [-0.4, -0.2) is 36.5 Å². The molecule has 0 bridgehead atoms. The van der Waals surface area contributed by atoms with Gasteiger partial charge in [0, 0.05) is 12.0 Å². The molecule has 1 atom stereocenters. The molecule has 0 saturated carbocycles. The average Bonchev–Trinajstić information content (AvgIpc) is 3.23. The average molecular weight is 461 g/mol. The van der Waals surface area contributed by atoms with Crippen LogP contribution in [0.3, 0.4) is 0 Å². The Kier molecular flexibility index (Phi) is 4.25. The van der Waals surface area contributed by atoms with E-state index in [1.165, 1.54) is 16.8 Å². The minimum absolute atomic E-state index is 0.0468. The van der Waals surface area contributed by atoms with Crippen LogP contribution in [0.2, 0.25) is 0 Å². The summed E-state index contributed by atoms with van der Waals surface area (Å²) in [6, 6.07) is 7.50. The van der Waals surface area contributed by atoms with Crippen LogP contribution < -0.4 is 10.6 Å². The van der Waals surface area contributed by atoms with Gasteiger partial charge in [-0.05, 0) is 25.5 Å². The third-order valence-electron chi connectivity index (χ3n) is 6.35. The fourth-order valence-electron chi connectivity index (χ4n) is 4.52. The van der Waals surface area contributed by atoms with Gasteiger partial charge in [-0.3, -0.25) is 9.59 Å². The van der Waals surface area contributed by atoms with Crippen molar-refractivity contribution in [2.75, 3.05) is 10.6 Å². The van der Waals surface area contributed by atoms with Gasteiger partial charge >= 0.3 is 0 Å². The van der Waals surface area contributed by atoms with E-state index in [9.17, 15) is 18.4 Å². The van der Waals surface area contributed by atoms with Crippen LogP contribution in [-0.2, 0) is 21.5 Å². The molecule has 2 amide bonds. The summed E-state index contributed by atoms with van der Waals surface area (Å²) in [6.07, 6.45) is 1.53. The Morgan fingerprint density at radius 1 is 1.12 bits per heavy atom. The second-order valence-corrected chi connectivity index (χ2v) is 8.58. The van der Waals surface area contributed by atoms with E-state index in [-0.39, 0.29) is 47.9 Å². The number of anilines is 2. The van der Waals surface area contributed by atoms with Gasteiger partial charge < -0.3 is 10.6 Å². The minimum atomic E-state index is -0.942. The summed E-state index contributed by atoms with van der Waals surface area (Å²) >= 11 is 0. The summed E-state index contributed by atoms with van der Waals surface area (Å²) < 4.78 is 29.9. The van der Waals surface area contributed by atoms with Crippen molar-refractivity contribution in [2.24, 2.45) is 0 Å². The number of halogens is 2. The van der Waals surface area contributed by atoms with Crippen molar-refractivity contribution >= 4 is 34.5 Å². The molecule has 0 radical (unpaired) electrons. The highest BCUT2D eigenvalue weighted by molar-refractivity contribution is 6.09. The van der Waals surface area contributed by atoms with E-state index in [1.807, 2.05) is 0 Å². The van der Waals surface area contributed by atoms with Crippen molar-refractivity contribution in [1.29, 1.82) is 0 Å². The minimum Gasteiger partial charge on any atom is -0.310 e. The van der Waals surface area contributed by atoms with Crippen molar-refractivity contribution in [3.63, 3.8) is 0 Å². The Balaban J connectivity index is 1.55. The van der Waals surface area contributed by atoms with Gasteiger partial charge in [0.1, 0.15) is 29.0 Å². The summed E-state index contributed by atoms with van der Waals surface area (Å²) in [5.74, 6) is -0.973. The molecule has 0 saturated heterocycles. The first-order chi connectivity index (χ1) is 16.3. The lowest BCUT2D eigenvalue weighted by Crippen LogP contribution is -2.30. The molecule has 34 heavy (non-hydrogen) atoms. The maximum Gasteiger partial charge on any atom is 0.236 e. The van der Waals surface area contributed by atoms with Gasteiger partial charge in [0.05, 0.1) is 29.1 Å². The third-order valence-corrected chi connectivity index (χ3v) is 6.35. The molecule has 9 nitrogen and oxygen atoms in total. The van der Waals surface area contributed by atoms with Crippen LogP contribution in [0, 0.1) is 11.6 Å². The van der Waals surface area contributed by atoms with Crippen LogP contribution in [0.4, 0.5) is 20.4 Å². The number of fused-ring (bicyclic) bond motifs is 1. The van der Waals surface area contributed by atoms with E-state index in [0.717, 1.165) is 6.20 Å². The highest BCUT2D eigenvalue weighted by atomic mass is 19.1. The Hall–Kier alpha value is -4.28. The number of hydrogen-bond acceptors (Lipinski definition) is 6. The number of aromatic nitrogens is 5. The Morgan fingerprint density at radius 2 is 1.88 bits per heavy atom. The molecular formula is C23H17F2N7O2. The molecule has 0 spiro atoms. The maximum atomic E-state index is 14.3. The molecule has 2 aliphatic rings. The van der Waals surface area contributed by atoms with Gasteiger partial charge in [-0.2, -0.15) is 5.10 Å². The van der Waals surface area contributed by atoms with E-state index in [1.54, 1.807) is 25.1 Å². The first-order valence-corrected chi connectivity index (χ1v) is 10.6. The van der Waals surface area contributed by atoms with Crippen molar-refractivity contribution in [3.8, 4) is 11.5 Å². The number of benzene rings is 1. The standard InChI is InChI=1S/C23H17F2N7O2/c1-23-7-6-15(33)27-18-16(23)19(30-22(23)34)29-20(28-18)17-13-8-12(24)9-26-21(13)32(31-17)10-11-4-2-3-5-14(11)25/h2-5,8-9H,6-7,10H2,1H3,(H2,27,28,29,30,33,34). The quantitative estimate of drug-likeness (QED) is 0.484. The predicted molar refractivity (Wildman–Crippen MR) is 118 cm³/mol. The first kappa shape index (κ1) is 20.3. The number of rotatable bonds is 3. The topological polar surface area (TPSA) is 115 Å². The molecule has 5 heterocycles. The molecule has 4 aromatic rings. The van der Waals surface area contributed by atoms with Crippen LogP contribution in [0.5, 0.6) is 0 Å². The van der Waals surface area contributed by atoms with Crippen LogP contribution >= 0.6 is 0 Å². The molecule has 11 heteroatoms. The summed E-state index contributed by atoms with van der Waals surface area (Å²) in [5, 5.41) is 10.4. The highest BCUT2D eigenvalue weighted by Crippen LogP contribution is 2.46. The number of carbonyl (C=O) groups excluding carboxylic acids is 2. The van der Waals surface area contributed by atoms with Crippen molar-refractivity contribution < 1.29 is 18.4 Å². The molecule has 170 valence electrons. The molecule has 1 unspecified atom stereocenters. The summed E-state index contributed by atoms with van der Waals surface area (Å²) in [7, 11) is 0. The Morgan fingerprint density at radius 3 is 2.68 bits per heavy atom. The van der Waals surface area contributed by atoms with Gasteiger partial charge in [0.15, 0.2) is 11.5 Å². The molecular weight excluding hydrogens is 444 g/mol. The zero-order valence-corrected chi connectivity index (χ0v) is 17.9. The van der Waals surface area contributed by atoms with Gasteiger partial charge in [-0.1, -0.05) is 18.2 Å². The van der Waals surface area contributed by atoms with E-state index in [2.05, 4.69) is 30.7 Å². The normalized spacial score (nSPS) is 19.0. The summed E-state index contributed by atoms with van der Waals surface area (Å²) in [4.78, 5) is 38.2. The SMILES string of the molecule is CC12CCC(=O)Nc3nc(-c4nn(Cc5ccccc5F)c5ncc(F)cc45)nc(c31)NC2=O. The van der Waals surface area contributed by atoms with Crippen molar-refractivity contribution in [2.45, 2.75) is 31.7 Å². The van der Waals surface area contributed by atoms with E-state index in [4.69, 9.17) is 0 Å². The molecule has 0 aliphatic carbocycles. The number of nitrogens with zero attached hydrogens (tertiary/aromatic N) is 5. The molecule has 2 N–H and O–H groups in total. The smallest absolute Gasteiger partial charge is 0.236 e. The molecule has 2 aliphatic heterocycles. The number of hydrogen-bond donors (Lipinski definition) is 2. The monoisotopic (exact) mass is 461 g/mol. The summed E-state index contributed by atoms with van der Waals surface area (Å²) in [5.41, 5.74) is 0.460. The third kappa shape index (κ3) is 2.96. The first-order valence-electron chi connectivity index (χ1n) is 10.6. The second-order valence-electron chi connectivity index (χ2n) is 8.58. The lowest BCUT2D eigenvalue weighted by Gasteiger charge is -2.19. The number of carbonyl (C=O) groups is 2.